The molecule has 1 aliphatic heterocycles. The lowest BCUT2D eigenvalue weighted by Gasteiger charge is -2.36. The molecule has 0 aliphatic carbocycles. The first kappa shape index (κ1) is 17.2. The van der Waals surface area contributed by atoms with Gasteiger partial charge in [-0.1, -0.05) is 23.7 Å². The average molecular weight is 345 g/mol. The number of nitrogens with one attached hydrogen (secondary N) is 1. The maximum Gasteiger partial charge on any atom is 0.0541 e. The summed E-state index contributed by atoms with van der Waals surface area (Å²) in [6.45, 7) is 7.41. The van der Waals surface area contributed by atoms with Crippen molar-refractivity contribution in [2.75, 3.05) is 44.2 Å². The number of nitrogens with zero attached hydrogens (tertiary/aromatic N) is 3. The van der Waals surface area contributed by atoms with Crippen LogP contribution in [0.4, 0.5) is 5.69 Å². The highest BCUT2D eigenvalue weighted by Gasteiger charge is 2.16. The lowest BCUT2D eigenvalue weighted by Crippen LogP contribution is -2.47. The van der Waals surface area contributed by atoms with E-state index in [1.165, 1.54) is 12.1 Å². The van der Waals surface area contributed by atoms with E-state index in [1.54, 1.807) is 0 Å². The summed E-state index contributed by atoms with van der Waals surface area (Å²) < 4.78 is 0. The van der Waals surface area contributed by atoms with Crippen LogP contribution in [0.5, 0.6) is 0 Å². The molecule has 1 fully saturated rings. The largest absolute Gasteiger partial charge is 0.369 e. The van der Waals surface area contributed by atoms with E-state index in [-0.39, 0.29) is 0 Å². The van der Waals surface area contributed by atoms with E-state index in [2.05, 4.69) is 38.3 Å². The van der Waals surface area contributed by atoms with Gasteiger partial charge in [-0.3, -0.25) is 9.88 Å². The molecule has 24 heavy (non-hydrogen) atoms. The van der Waals surface area contributed by atoms with Crippen LogP contribution in [-0.2, 0) is 6.54 Å². The van der Waals surface area contributed by atoms with E-state index in [1.807, 2.05) is 30.5 Å². The first-order valence-corrected chi connectivity index (χ1v) is 9.02. The number of halogens is 1. The van der Waals surface area contributed by atoms with Crippen molar-refractivity contribution in [3.8, 4) is 0 Å². The van der Waals surface area contributed by atoms with Gasteiger partial charge in [0.25, 0.3) is 0 Å². The van der Waals surface area contributed by atoms with E-state index in [9.17, 15) is 0 Å². The molecule has 0 bridgehead atoms. The van der Waals surface area contributed by atoms with E-state index in [4.69, 9.17) is 11.6 Å². The monoisotopic (exact) mass is 344 g/mol. The van der Waals surface area contributed by atoms with Gasteiger partial charge in [0, 0.05) is 49.6 Å². The van der Waals surface area contributed by atoms with E-state index >= 15 is 0 Å². The molecule has 4 nitrogen and oxygen atoms in total. The average Bonchev–Trinajstić information content (AvgIpc) is 2.63. The minimum absolute atomic E-state index is 0.814. The molecule has 0 amide bonds. The minimum atomic E-state index is 0.814. The second-order valence-electron chi connectivity index (χ2n) is 6.16. The lowest BCUT2D eigenvalue weighted by molar-refractivity contribution is 0.254. The number of pyridine rings is 1. The molecule has 0 spiro atoms. The van der Waals surface area contributed by atoms with Crippen molar-refractivity contribution >= 4 is 17.3 Å². The van der Waals surface area contributed by atoms with Crippen LogP contribution in [-0.4, -0.2) is 49.2 Å². The van der Waals surface area contributed by atoms with Gasteiger partial charge in [0.1, 0.15) is 0 Å². The van der Waals surface area contributed by atoms with Crippen LogP contribution in [0.2, 0.25) is 5.02 Å². The van der Waals surface area contributed by atoms with Gasteiger partial charge in [-0.05, 0) is 49.8 Å². The molecule has 3 rings (SSSR count). The lowest BCUT2D eigenvalue weighted by atomic mass is 10.2. The summed E-state index contributed by atoms with van der Waals surface area (Å²) >= 11 is 6.09. The zero-order chi connectivity index (χ0) is 16.6. The van der Waals surface area contributed by atoms with Gasteiger partial charge < -0.3 is 10.2 Å². The summed E-state index contributed by atoms with van der Waals surface area (Å²) in [5, 5.41) is 4.28. The van der Waals surface area contributed by atoms with Crippen LogP contribution in [0.1, 0.15) is 12.1 Å². The molecule has 1 saturated heterocycles. The fourth-order valence-electron chi connectivity index (χ4n) is 3.05. The van der Waals surface area contributed by atoms with Crippen LogP contribution >= 0.6 is 11.6 Å². The van der Waals surface area contributed by atoms with Crippen molar-refractivity contribution in [1.82, 2.24) is 15.2 Å². The van der Waals surface area contributed by atoms with Crippen molar-refractivity contribution in [1.29, 1.82) is 0 Å². The Hall–Kier alpha value is -1.62. The Kier molecular flexibility index (Phi) is 6.47. The Morgan fingerprint density at radius 2 is 1.92 bits per heavy atom. The van der Waals surface area contributed by atoms with E-state index < -0.39 is 0 Å². The maximum atomic E-state index is 6.09. The van der Waals surface area contributed by atoms with Crippen LogP contribution in [0.3, 0.4) is 0 Å². The molecule has 0 atom stereocenters. The topological polar surface area (TPSA) is 31.4 Å². The Balaban J connectivity index is 1.31. The maximum absolute atomic E-state index is 6.09. The number of rotatable bonds is 7. The van der Waals surface area contributed by atoms with Gasteiger partial charge >= 0.3 is 0 Å². The van der Waals surface area contributed by atoms with Crippen molar-refractivity contribution in [3.05, 3.63) is 59.4 Å². The van der Waals surface area contributed by atoms with Crippen LogP contribution in [0, 0.1) is 0 Å². The normalized spacial score (nSPS) is 15.6. The van der Waals surface area contributed by atoms with E-state index in [0.29, 0.717) is 0 Å². The Labute approximate surface area is 149 Å². The Morgan fingerprint density at radius 1 is 1.04 bits per heavy atom. The Bertz CT molecular complexity index is 612. The third kappa shape index (κ3) is 5.20. The number of hydrogen-bond donors (Lipinski definition) is 1. The van der Waals surface area contributed by atoms with E-state index in [0.717, 1.165) is 56.5 Å². The van der Waals surface area contributed by atoms with Crippen LogP contribution in [0.15, 0.2) is 48.7 Å². The van der Waals surface area contributed by atoms with Gasteiger partial charge in [-0.2, -0.15) is 0 Å². The number of aromatic nitrogens is 1. The summed E-state index contributed by atoms with van der Waals surface area (Å²) in [5.41, 5.74) is 2.34. The molecular weight excluding hydrogens is 320 g/mol. The number of anilines is 1. The SMILES string of the molecule is Clc1cccc(N2CCN(CCCNCc3ccccn3)CC2)c1. The van der Waals surface area contributed by atoms with Gasteiger partial charge in [0.2, 0.25) is 0 Å². The third-order valence-electron chi connectivity index (χ3n) is 4.41. The van der Waals surface area contributed by atoms with Crippen LogP contribution < -0.4 is 10.2 Å². The standard InChI is InChI=1S/C19H25ClN4/c20-17-5-3-7-19(15-17)24-13-11-23(12-14-24)10-4-8-21-16-18-6-1-2-9-22-18/h1-3,5-7,9,15,21H,4,8,10-14,16H2. The van der Waals surface area contributed by atoms with Crippen molar-refractivity contribution < 1.29 is 0 Å². The molecule has 1 aromatic heterocycles. The predicted octanol–water partition coefficient (Wildman–Crippen LogP) is 3.04. The fourth-order valence-corrected chi connectivity index (χ4v) is 3.23. The zero-order valence-corrected chi connectivity index (χ0v) is 14.8. The van der Waals surface area contributed by atoms with Crippen LogP contribution in [0.25, 0.3) is 0 Å². The molecule has 0 saturated carbocycles. The quantitative estimate of drug-likeness (QED) is 0.782. The van der Waals surface area contributed by atoms with Gasteiger partial charge in [-0.25, -0.2) is 0 Å². The van der Waals surface area contributed by atoms with Crippen molar-refractivity contribution in [2.45, 2.75) is 13.0 Å². The molecule has 2 aromatic rings. The Morgan fingerprint density at radius 3 is 2.67 bits per heavy atom. The highest BCUT2D eigenvalue weighted by atomic mass is 35.5. The fraction of sp³-hybridized carbons (Fsp3) is 0.421. The summed E-state index contributed by atoms with van der Waals surface area (Å²) in [4.78, 5) is 9.29. The van der Waals surface area contributed by atoms with Gasteiger partial charge in [0.15, 0.2) is 0 Å². The third-order valence-corrected chi connectivity index (χ3v) is 4.64. The smallest absolute Gasteiger partial charge is 0.0541 e. The molecule has 2 heterocycles. The minimum Gasteiger partial charge on any atom is -0.369 e. The summed E-state index contributed by atoms with van der Waals surface area (Å²) in [6, 6.07) is 14.2. The molecular formula is C19H25ClN4. The zero-order valence-electron chi connectivity index (χ0n) is 14.0. The first-order valence-electron chi connectivity index (χ1n) is 8.65. The van der Waals surface area contributed by atoms with Gasteiger partial charge in [-0.15, -0.1) is 0 Å². The van der Waals surface area contributed by atoms with Gasteiger partial charge in [0.05, 0.1) is 5.69 Å². The van der Waals surface area contributed by atoms with Crippen molar-refractivity contribution in [2.24, 2.45) is 0 Å². The summed E-state index contributed by atoms with van der Waals surface area (Å²) in [7, 11) is 0. The highest BCUT2D eigenvalue weighted by Crippen LogP contribution is 2.20. The number of hydrogen-bond acceptors (Lipinski definition) is 4. The molecule has 128 valence electrons. The molecule has 1 N–H and O–H groups in total. The number of benzene rings is 1. The molecule has 1 aliphatic rings. The summed E-state index contributed by atoms with van der Waals surface area (Å²) in [5.74, 6) is 0. The highest BCUT2D eigenvalue weighted by molar-refractivity contribution is 6.30. The predicted molar refractivity (Wildman–Crippen MR) is 101 cm³/mol. The second-order valence-corrected chi connectivity index (χ2v) is 6.60. The second kappa shape index (κ2) is 9.02. The number of piperazine rings is 1. The molecule has 5 heteroatoms. The first-order chi connectivity index (χ1) is 11.8. The molecule has 1 aromatic carbocycles. The van der Waals surface area contributed by atoms with Crippen molar-refractivity contribution in [3.63, 3.8) is 0 Å². The molecule has 0 unspecified atom stereocenters. The summed E-state index contributed by atoms with van der Waals surface area (Å²) in [6.07, 6.45) is 3.01. The molecule has 0 radical (unpaired) electrons.